The van der Waals surface area contributed by atoms with E-state index in [9.17, 15) is 22.5 Å². The summed E-state index contributed by atoms with van der Waals surface area (Å²) < 4.78 is 70.9. The van der Waals surface area contributed by atoms with Gasteiger partial charge in [-0.2, -0.15) is 13.2 Å². The maximum absolute atomic E-state index is 12.9. The molecule has 0 aromatic carbocycles. The minimum atomic E-state index is -4.70. The molecule has 6 nitrogen and oxygen atoms in total. The van der Waals surface area contributed by atoms with Gasteiger partial charge in [-0.05, 0) is 32.9 Å². The second-order valence-electron chi connectivity index (χ2n) is 4.60. The zero-order chi connectivity index (χ0) is 18.4. The van der Waals surface area contributed by atoms with Gasteiger partial charge in [0.15, 0.2) is 0 Å². The summed E-state index contributed by atoms with van der Waals surface area (Å²) in [6, 6.07) is 1.72. The standard InChI is InChI=1S/C14H20F3O6P/c1-4-20-13(18)9-11(24(19,21-5-2)22-6-3)10-7-8-12(23-10)14(15,16)17/h7-8,11H,4-6,9H2,1-3H3. The number of hydrogen-bond acceptors (Lipinski definition) is 6. The molecule has 0 aliphatic carbocycles. The van der Waals surface area contributed by atoms with Crippen LogP contribution in [-0.4, -0.2) is 25.8 Å². The summed E-state index contributed by atoms with van der Waals surface area (Å²) in [6.45, 7) is 4.73. The van der Waals surface area contributed by atoms with Crippen molar-refractivity contribution in [2.45, 2.75) is 39.0 Å². The van der Waals surface area contributed by atoms with E-state index in [4.69, 9.17) is 18.2 Å². The van der Waals surface area contributed by atoms with E-state index in [0.717, 1.165) is 6.07 Å². The molecule has 1 aromatic rings. The van der Waals surface area contributed by atoms with Gasteiger partial charge in [0.25, 0.3) is 0 Å². The van der Waals surface area contributed by atoms with Crippen molar-refractivity contribution in [3.63, 3.8) is 0 Å². The predicted molar refractivity (Wildman–Crippen MR) is 78.6 cm³/mol. The number of hydrogen-bond donors (Lipinski definition) is 0. The molecule has 0 amide bonds. The first kappa shape index (κ1) is 20.7. The zero-order valence-electron chi connectivity index (χ0n) is 13.6. The molecule has 0 fully saturated rings. The van der Waals surface area contributed by atoms with E-state index < -0.39 is 37.6 Å². The van der Waals surface area contributed by atoms with Crippen molar-refractivity contribution in [3.8, 4) is 0 Å². The average molecular weight is 372 g/mol. The van der Waals surface area contributed by atoms with E-state index in [2.05, 4.69) is 0 Å². The summed E-state index contributed by atoms with van der Waals surface area (Å²) in [7, 11) is -3.93. The molecule has 24 heavy (non-hydrogen) atoms. The van der Waals surface area contributed by atoms with Crippen molar-refractivity contribution >= 4 is 13.6 Å². The lowest BCUT2D eigenvalue weighted by Gasteiger charge is -2.24. The SMILES string of the molecule is CCOC(=O)CC(c1ccc(C(F)(F)F)o1)P(=O)(OCC)OCC. The Hall–Kier alpha value is -1.31. The van der Waals surface area contributed by atoms with Gasteiger partial charge in [0.05, 0.1) is 26.2 Å². The van der Waals surface area contributed by atoms with Crippen LogP contribution in [0.3, 0.4) is 0 Å². The van der Waals surface area contributed by atoms with Gasteiger partial charge in [0, 0.05) is 0 Å². The molecule has 1 aromatic heterocycles. The summed E-state index contributed by atoms with van der Waals surface area (Å²) in [5.41, 5.74) is -1.33. The molecule has 1 heterocycles. The van der Waals surface area contributed by atoms with Crippen LogP contribution in [0.5, 0.6) is 0 Å². The molecule has 0 radical (unpaired) electrons. The monoisotopic (exact) mass is 372 g/mol. The number of halogens is 3. The molecule has 0 N–H and O–H groups in total. The maximum Gasteiger partial charge on any atom is 0.449 e. The Bertz CT molecular complexity index is 573. The highest BCUT2D eigenvalue weighted by Gasteiger charge is 2.43. The lowest BCUT2D eigenvalue weighted by atomic mass is 10.2. The van der Waals surface area contributed by atoms with Crippen LogP contribution in [0.2, 0.25) is 0 Å². The fraction of sp³-hybridized carbons (Fsp3) is 0.643. The first-order valence-corrected chi connectivity index (χ1v) is 9.00. The number of carbonyl (C=O) groups is 1. The molecule has 1 unspecified atom stereocenters. The van der Waals surface area contributed by atoms with Gasteiger partial charge in [-0.15, -0.1) is 0 Å². The Labute approximate surface area is 137 Å². The van der Waals surface area contributed by atoms with Crippen LogP contribution in [0.4, 0.5) is 13.2 Å². The van der Waals surface area contributed by atoms with Crippen LogP contribution >= 0.6 is 7.60 Å². The van der Waals surface area contributed by atoms with E-state index in [0.29, 0.717) is 6.07 Å². The smallest absolute Gasteiger partial charge is 0.449 e. The van der Waals surface area contributed by atoms with Gasteiger partial charge < -0.3 is 18.2 Å². The molecule has 0 bridgehead atoms. The van der Waals surface area contributed by atoms with Crippen molar-refractivity contribution in [1.82, 2.24) is 0 Å². The summed E-state index contributed by atoms with van der Waals surface area (Å²) in [5.74, 6) is -2.31. The van der Waals surface area contributed by atoms with Gasteiger partial charge in [0.1, 0.15) is 11.4 Å². The fourth-order valence-electron chi connectivity index (χ4n) is 2.01. The van der Waals surface area contributed by atoms with Crippen LogP contribution in [0, 0.1) is 0 Å². The molecule has 1 atom stereocenters. The second kappa shape index (κ2) is 8.69. The average Bonchev–Trinajstić information content (AvgIpc) is 2.95. The summed E-state index contributed by atoms with van der Waals surface area (Å²) >= 11 is 0. The van der Waals surface area contributed by atoms with Gasteiger partial charge in [-0.1, -0.05) is 0 Å². The van der Waals surface area contributed by atoms with E-state index in [-0.39, 0.29) is 25.6 Å². The van der Waals surface area contributed by atoms with Gasteiger partial charge in [0.2, 0.25) is 5.76 Å². The largest absolute Gasteiger partial charge is 0.466 e. The van der Waals surface area contributed by atoms with Gasteiger partial charge in [-0.25, -0.2) is 0 Å². The number of ether oxygens (including phenoxy) is 1. The van der Waals surface area contributed by atoms with Crippen molar-refractivity contribution < 1.29 is 40.7 Å². The number of furan rings is 1. The van der Waals surface area contributed by atoms with Crippen molar-refractivity contribution in [3.05, 3.63) is 23.7 Å². The molecule has 138 valence electrons. The number of esters is 1. The highest BCUT2D eigenvalue weighted by molar-refractivity contribution is 7.54. The van der Waals surface area contributed by atoms with Crippen molar-refractivity contribution in [1.29, 1.82) is 0 Å². The number of alkyl halides is 3. The van der Waals surface area contributed by atoms with Gasteiger partial charge >= 0.3 is 19.7 Å². The predicted octanol–water partition coefficient (Wildman–Crippen LogP) is 4.56. The van der Waals surface area contributed by atoms with Crippen LogP contribution in [0.25, 0.3) is 0 Å². The van der Waals surface area contributed by atoms with E-state index in [1.54, 1.807) is 20.8 Å². The number of carbonyl (C=O) groups excluding carboxylic acids is 1. The Morgan fingerprint density at radius 2 is 1.75 bits per heavy atom. The van der Waals surface area contributed by atoms with Crippen molar-refractivity contribution in [2.75, 3.05) is 19.8 Å². The summed E-state index contributed by atoms with van der Waals surface area (Å²) in [5, 5.41) is 0. The molecule has 10 heteroatoms. The summed E-state index contributed by atoms with van der Waals surface area (Å²) in [6.07, 6.45) is -5.19. The molecular weight excluding hydrogens is 352 g/mol. The van der Waals surface area contributed by atoms with Crippen LogP contribution < -0.4 is 0 Å². The third-order valence-electron chi connectivity index (χ3n) is 2.90. The first-order chi connectivity index (χ1) is 11.2. The maximum atomic E-state index is 12.9. The fourth-order valence-corrected chi connectivity index (χ4v) is 3.98. The number of rotatable bonds is 9. The highest BCUT2D eigenvalue weighted by atomic mass is 31.2. The third-order valence-corrected chi connectivity index (χ3v) is 5.34. The second-order valence-corrected chi connectivity index (χ2v) is 6.82. The van der Waals surface area contributed by atoms with E-state index in [1.165, 1.54) is 0 Å². The van der Waals surface area contributed by atoms with Crippen LogP contribution in [0.1, 0.15) is 44.4 Å². The zero-order valence-corrected chi connectivity index (χ0v) is 14.5. The minimum Gasteiger partial charge on any atom is -0.466 e. The quantitative estimate of drug-likeness (QED) is 0.467. The molecule has 0 spiro atoms. The van der Waals surface area contributed by atoms with Gasteiger partial charge in [-0.3, -0.25) is 9.36 Å². The molecule has 1 rings (SSSR count). The first-order valence-electron chi connectivity index (χ1n) is 7.39. The lowest BCUT2D eigenvalue weighted by Crippen LogP contribution is -2.13. The van der Waals surface area contributed by atoms with Crippen LogP contribution in [-0.2, 0) is 29.3 Å². The molecular formula is C14H20F3O6P. The Kier molecular flexibility index (Phi) is 7.51. The van der Waals surface area contributed by atoms with Crippen molar-refractivity contribution in [2.24, 2.45) is 0 Å². The molecule has 0 aliphatic heterocycles. The molecule has 0 saturated heterocycles. The third kappa shape index (κ3) is 5.36. The van der Waals surface area contributed by atoms with E-state index >= 15 is 0 Å². The van der Waals surface area contributed by atoms with E-state index in [1.807, 2.05) is 0 Å². The van der Waals surface area contributed by atoms with Crippen LogP contribution in [0.15, 0.2) is 16.5 Å². The minimum absolute atomic E-state index is 0.0105. The molecule has 0 aliphatic rings. The highest BCUT2D eigenvalue weighted by Crippen LogP contribution is 2.62. The normalized spacial score (nSPS) is 13.8. The Morgan fingerprint density at radius 3 is 2.17 bits per heavy atom. The summed E-state index contributed by atoms with van der Waals surface area (Å²) in [4.78, 5) is 11.8. The molecule has 0 saturated carbocycles. The lowest BCUT2D eigenvalue weighted by molar-refractivity contribution is -0.153. The topological polar surface area (TPSA) is 75.0 Å². The Balaban J connectivity index is 3.24. The Morgan fingerprint density at radius 1 is 1.17 bits per heavy atom.